The van der Waals surface area contributed by atoms with E-state index in [-0.39, 0.29) is 11.5 Å². The summed E-state index contributed by atoms with van der Waals surface area (Å²) in [6.07, 6.45) is 2.36. The lowest BCUT2D eigenvalue weighted by Gasteiger charge is -2.10. The molecule has 2 rings (SSSR count). The maximum Gasteiger partial charge on any atom is 0.307 e. The van der Waals surface area contributed by atoms with E-state index in [4.69, 9.17) is 4.74 Å². The maximum absolute atomic E-state index is 12.3. The van der Waals surface area contributed by atoms with Crippen molar-refractivity contribution in [3.05, 3.63) is 52.3 Å². The Kier molecular flexibility index (Phi) is 3.79. The molecule has 0 amide bonds. The predicted molar refractivity (Wildman–Crippen MR) is 70.9 cm³/mol. The number of hydrogen-bond donors (Lipinski definition) is 0. The minimum atomic E-state index is -0.614. The smallest absolute Gasteiger partial charge is 0.307 e. The summed E-state index contributed by atoms with van der Waals surface area (Å²) in [5.74, 6) is 0.481. The summed E-state index contributed by atoms with van der Waals surface area (Å²) < 4.78 is 6.30. The Morgan fingerprint density at radius 3 is 2.55 bits per heavy atom. The van der Waals surface area contributed by atoms with E-state index in [0.29, 0.717) is 11.3 Å². The first-order chi connectivity index (χ1) is 9.52. The van der Waals surface area contributed by atoms with Crippen molar-refractivity contribution in [3.8, 4) is 5.75 Å². The van der Waals surface area contributed by atoms with Gasteiger partial charge in [-0.1, -0.05) is 0 Å². The van der Waals surface area contributed by atoms with Gasteiger partial charge in [-0.25, -0.2) is 0 Å². The Morgan fingerprint density at radius 1 is 1.40 bits per heavy atom. The largest absolute Gasteiger partial charge is 0.497 e. The minimum absolute atomic E-state index is 0.139. The first-order valence-electron chi connectivity index (χ1n) is 5.89. The van der Waals surface area contributed by atoms with E-state index in [2.05, 4.69) is 5.10 Å². The molecule has 104 valence electrons. The van der Waals surface area contributed by atoms with Gasteiger partial charge in [-0.3, -0.25) is 19.6 Å². The molecule has 0 aliphatic heterocycles. The average molecular weight is 275 g/mol. The topological polar surface area (TPSA) is 87.3 Å². The van der Waals surface area contributed by atoms with Gasteiger partial charge in [-0.2, -0.15) is 5.10 Å². The van der Waals surface area contributed by atoms with Gasteiger partial charge in [0.25, 0.3) is 0 Å². The van der Waals surface area contributed by atoms with Gasteiger partial charge in [-0.15, -0.1) is 0 Å². The first kappa shape index (κ1) is 13.7. The summed E-state index contributed by atoms with van der Waals surface area (Å²) >= 11 is 0. The van der Waals surface area contributed by atoms with Gasteiger partial charge in [-0.05, 0) is 31.2 Å². The standard InChI is InChI=1S/C13H13N3O4/c1-9(15-8-11(7-14-15)16(18)19)13(17)10-3-5-12(20-2)6-4-10/h3-9H,1-2H3. The molecular weight excluding hydrogens is 262 g/mol. The first-order valence-corrected chi connectivity index (χ1v) is 5.89. The van der Waals surface area contributed by atoms with Crippen LogP contribution in [-0.4, -0.2) is 27.6 Å². The highest BCUT2D eigenvalue weighted by molar-refractivity contribution is 5.98. The van der Waals surface area contributed by atoms with E-state index in [1.807, 2.05) is 0 Å². The van der Waals surface area contributed by atoms with Crippen LogP contribution in [0.5, 0.6) is 5.75 Å². The third kappa shape index (κ3) is 2.66. The lowest BCUT2D eigenvalue weighted by molar-refractivity contribution is -0.385. The normalized spacial score (nSPS) is 11.9. The molecule has 0 N–H and O–H groups in total. The Bertz CT molecular complexity index is 633. The predicted octanol–water partition coefficient (Wildman–Crippen LogP) is 2.24. The fourth-order valence-electron chi connectivity index (χ4n) is 1.75. The molecular formula is C13H13N3O4. The number of carbonyl (C=O) groups is 1. The van der Waals surface area contributed by atoms with Crippen LogP contribution >= 0.6 is 0 Å². The summed E-state index contributed by atoms with van der Waals surface area (Å²) in [5.41, 5.74) is 0.357. The zero-order valence-electron chi connectivity index (χ0n) is 11.0. The number of ketones is 1. The zero-order valence-corrected chi connectivity index (χ0v) is 11.0. The summed E-state index contributed by atoms with van der Waals surface area (Å²) in [7, 11) is 1.54. The highest BCUT2D eigenvalue weighted by Crippen LogP contribution is 2.19. The van der Waals surface area contributed by atoms with E-state index < -0.39 is 11.0 Å². The molecule has 0 fully saturated rings. The van der Waals surface area contributed by atoms with Gasteiger partial charge >= 0.3 is 5.69 Å². The third-order valence-electron chi connectivity index (χ3n) is 2.95. The third-order valence-corrected chi connectivity index (χ3v) is 2.95. The van der Waals surface area contributed by atoms with E-state index >= 15 is 0 Å². The van der Waals surface area contributed by atoms with Gasteiger partial charge in [0.05, 0.1) is 12.0 Å². The molecule has 1 heterocycles. The van der Waals surface area contributed by atoms with Gasteiger partial charge in [0.1, 0.15) is 24.2 Å². The van der Waals surface area contributed by atoms with Crippen LogP contribution in [0.2, 0.25) is 0 Å². The van der Waals surface area contributed by atoms with E-state index in [0.717, 1.165) is 6.20 Å². The molecule has 2 aromatic rings. The Labute approximate surface area is 114 Å². The van der Waals surface area contributed by atoms with Crippen LogP contribution < -0.4 is 4.74 Å². The number of nitrogens with zero attached hydrogens (tertiary/aromatic N) is 3. The second-order valence-electron chi connectivity index (χ2n) is 4.20. The summed E-state index contributed by atoms with van der Waals surface area (Å²) in [5, 5.41) is 14.4. The van der Waals surface area contributed by atoms with Crippen molar-refractivity contribution in [1.29, 1.82) is 0 Å². The fraction of sp³-hybridized carbons (Fsp3) is 0.231. The number of nitro groups is 1. The van der Waals surface area contributed by atoms with E-state index in [9.17, 15) is 14.9 Å². The summed E-state index contributed by atoms with van der Waals surface area (Å²) in [6.45, 7) is 1.64. The van der Waals surface area contributed by atoms with Crippen LogP contribution in [0.1, 0.15) is 23.3 Å². The van der Waals surface area contributed by atoms with Crippen LogP contribution in [0, 0.1) is 10.1 Å². The Balaban J connectivity index is 2.20. The van der Waals surface area contributed by atoms with Gasteiger partial charge in [0, 0.05) is 5.56 Å². The summed E-state index contributed by atoms with van der Waals surface area (Å²) in [4.78, 5) is 22.3. The molecule has 0 aliphatic carbocycles. The molecule has 0 aliphatic rings. The Hall–Kier alpha value is -2.70. The molecule has 1 aromatic heterocycles. The van der Waals surface area contributed by atoms with Crippen molar-refractivity contribution in [2.24, 2.45) is 0 Å². The minimum Gasteiger partial charge on any atom is -0.497 e. The van der Waals surface area contributed by atoms with Crippen LogP contribution in [0.15, 0.2) is 36.7 Å². The quantitative estimate of drug-likeness (QED) is 0.474. The van der Waals surface area contributed by atoms with E-state index in [1.54, 1.807) is 38.3 Å². The molecule has 1 atom stereocenters. The van der Waals surface area contributed by atoms with Crippen LogP contribution in [0.3, 0.4) is 0 Å². The highest BCUT2D eigenvalue weighted by atomic mass is 16.6. The number of Topliss-reactive ketones (excluding diaryl/α,β-unsaturated/α-hetero) is 1. The molecule has 7 nitrogen and oxygen atoms in total. The Morgan fingerprint density at radius 2 is 2.05 bits per heavy atom. The lowest BCUT2D eigenvalue weighted by Crippen LogP contribution is -2.17. The van der Waals surface area contributed by atoms with Crippen molar-refractivity contribution < 1.29 is 14.5 Å². The maximum atomic E-state index is 12.3. The number of hydrogen-bond acceptors (Lipinski definition) is 5. The molecule has 0 spiro atoms. The monoisotopic (exact) mass is 275 g/mol. The van der Waals surface area contributed by atoms with Gasteiger partial charge in [0.15, 0.2) is 5.78 Å². The molecule has 0 radical (unpaired) electrons. The number of ether oxygens (including phenoxy) is 1. The molecule has 0 saturated carbocycles. The molecule has 0 bridgehead atoms. The van der Waals surface area contributed by atoms with Crippen molar-refractivity contribution in [2.45, 2.75) is 13.0 Å². The second kappa shape index (κ2) is 5.52. The van der Waals surface area contributed by atoms with Crippen LogP contribution in [0.25, 0.3) is 0 Å². The molecule has 1 aromatic carbocycles. The fourth-order valence-corrected chi connectivity index (χ4v) is 1.75. The van der Waals surface area contributed by atoms with Crippen molar-refractivity contribution >= 4 is 11.5 Å². The SMILES string of the molecule is COc1ccc(C(=O)C(C)n2cc([N+](=O)[O-])cn2)cc1. The number of aromatic nitrogens is 2. The summed E-state index contributed by atoms with van der Waals surface area (Å²) in [6, 6.07) is 6.05. The van der Waals surface area contributed by atoms with Crippen molar-refractivity contribution in [3.63, 3.8) is 0 Å². The van der Waals surface area contributed by atoms with Crippen molar-refractivity contribution in [1.82, 2.24) is 9.78 Å². The number of rotatable bonds is 5. The molecule has 1 unspecified atom stereocenters. The number of benzene rings is 1. The molecule has 7 heteroatoms. The second-order valence-corrected chi connectivity index (χ2v) is 4.20. The molecule has 0 saturated heterocycles. The average Bonchev–Trinajstić information content (AvgIpc) is 2.96. The lowest BCUT2D eigenvalue weighted by atomic mass is 10.1. The van der Waals surface area contributed by atoms with E-state index in [1.165, 1.54) is 10.9 Å². The van der Waals surface area contributed by atoms with Gasteiger partial charge in [0.2, 0.25) is 0 Å². The van der Waals surface area contributed by atoms with Gasteiger partial charge < -0.3 is 4.74 Å². The highest BCUT2D eigenvalue weighted by Gasteiger charge is 2.20. The van der Waals surface area contributed by atoms with Crippen LogP contribution in [0.4, 0.5) is 5.69 Å². The van der Waals surface area contributed by atoms with Crippen LogP contribution in [-0.2, 0) is 0 Å². The molecule has 20 heavy (non-hydrogen) atoms. The number of methoxy groups -OCH3 is 1. The number of carbonyl (C=O) groups excluding carboxylic acids is 1. The zero-order chi connectivity index (χ0) is 14.7. The van der Waals surface area contributed by atoms with Crippen molar-refractivity contribution in [2.75, 3.05) is 7.11 Å².